The molecule has 5 nitrogen and oxygen atoms in total. The molecule has 2 unspecified atom stereocenters. The Morgan fingerprint density at radius 3 is 2.52 bits per heavy atom. The normalized spacial score (nSPS) is 20.5. The van der Waals surface area contributed by atoms with E-state index in [4.69, 9.17) is 5.73 Å². The Bertz CT molecular complexity index is 1320. The maximum absolute atomic E-state index is 13.7. The van der Waals surface area contributed by atoms with Crippen molar-refractivity contribution in [1.82, 2.24) is 4.98 Å². The van der Waals surface area contributed by atoms with E-state index in [-0.39, 0.29) is 11.7 Å². The molecule has 2 heterocycles. The molecule has 2 aliphatic rings. The average molecular weight is 497 g/mol. The fourth-order valence-electron chi connectivity index (χ4n) is 4.89. The van der Waals surface area contributed by atoms with E-state index >= 15 is 0 Å². The van der Waals surface area contributed by atoms with Gasteiger partial charge in [0.25, 0.3) is 0 Å². The van der Waals surface area contributed by atoms with E-state index in [0.29, 0.717) is 29.8 Å². The van der Waals surface area contributed by atoms with Crippen molar-refractivity contribution >= 4 is 27.4 Å². The highest BCUT2D eigenvalue weighted by Crippen LogP contribution is 2.49. The topological polar surface area (TPSA) is 83.0 Å². The molecule has 0 spiro atoms. The lowest BCUT2D eigenvalue weighted by Crippen LogP contribution is -2.40. The van der Waals surface area contributed by atoms with E-state index in [1.54, 1.807) is 12.4 Å². The molecule has 3 aromatic rings. The van der Waals surface area contributed by atoms with Crippen molar-refractivity contribution in [2.75, 3.05) is 4.90 Å². The summed E-state index contributed by atoms with van der Waals surface area (Å²) >= 11 is 3.53. The molecule has 1 aliphatic heterocycles. The van der Waals surface area contributed by atoms with E-state index < -0.39 is 5.92 Å². The second-order valence-corrected chi connectivity index (χ2v) is 9.16. The van der Waals surface area contributed by atoms with Gasteiger partial charge in [-0.1, -0.05) is 58.4 Å². The number of hydrogen-bond donors (Lipinski definition) is 1. The number of benzene rings is 2. The molecule has 1 aromatic heterocycles. The highest BCUT2D eigenvalue weighted by molar-refractivity contribution is 9.10. The predicted octanol–water partition coefficient (Wildman–Crippen LogP) is 5.54. The molecule has 6 heteroatoms. The van der Waals surface area contributed by atoms with Crippen molar-refractivity contribution in [3.8, 4) is 6.07 Å². The Balaban J connectivity index is 1.73. The quantitative estimate of drug-likeness (QED) is 0.514. The van der Waals surface area contributed by atoms with Crippen LogP contribution in [0.15, 0.2) is 106 Å². The number of Topliss-reactive ketones (excluding diaryl/α,β-unsaturated/α-hetero) is 1. The summed E-state index contributed by atoms with van der Waals surface area (Å²) < 4.78 is 0.887. The third kappa shape index (κ3) is 3.75. The molecular formula is C27H21BrN4O. The SMILES string of the molecule is N#CC1=C(N)N(c2cccnc2)C2=C(C(=O)CC(c3ccccc3)C2)C1c1cccc(Br)c1. The summed E-state index contributed by atoms with van der Waals surface area (Å²) in [4.78, 5) is 19.8. The number of nitriles is 1. The van der Waals surface area contributed by atoms with Gasteiger partial charge < -0.3 is 5.73 Å². The standard InChI is InChI=1S/C27H21BrN4O/c28-20-9-4-8-18(12-20)25-22(15-29)27(30)32(21-10-5-11-31-16-21)23-13-19(14-24(33)26(23)25)17-6-2-1-3-7-17/h1-12,16,19,25H,13-14,30H2. The van der Waals surface area contributed by atoms with Gasteiger partial charge in [0, 0.05) is 28.4 Å². The van der Waals surface area contributed by atoms with Crippen molar-refractivity contribution in [1.29, 1.82) is 5.26 Å². The van der Waals surface area contributed by atoms with Crippen LogP contribution in [0.1, 0.15) is 35.8 Å². The Morgan fingerprint density at radius 1 is 1.03 bits per heavy atom. The Labute approximate surface area is 201 Å². The molecule has 0 fully saturated rings. The first-order valence-electron chi connectivity index (χ1n) is 10.7. The molecule has 2 N–H and O–H groups in total. The van der Waals surface area contributed by atoms with Gasteiger partial charge in [-0.25, -0.2) is 0 Å². The summed E-state index contributed by atoms with van der Waals surface area (Å²) in [5, 5.41) is 10.2. The minimum absolute atomic E-state index is 0.0382. The zero-order chi connectivity index (χ0) is 22.9. The van der Waals surface area contributed by atoms with Crippen LogP contribution in [-0.4, -0.2) is 10.8 Å². The smallest absolute Gasteiger partial charge is 0.162 e. The van der Waals surface area contributed by atoms with Crippen molar-refractivity contribution in [2.24, 2.45) is 5.73 Å². The van der Waals surface area contributed by atoms with Gasteiger partial charge in [-0.05, 0) is 47.7 Å². The third-order valence-electron chi connectivity index (χ3n) is 6.32. The second-order valence-electron chi connectivity index (χ2n) is 8.24. The van der Waals surface area contributed by atoms with E-state index in [9.17, 15) is 10.1 Å². The van der Waals surface area contributed by atoms with Gasteiger partial charge in [0.2, 0.25) is 0 Å². The molecule has 0 amide bonds. The summed E-state index contributed by atoms with van der Waals surface area (Å²) in [5.74, 6) is -0.0733. The van der Waals surface area contributed by atoms with Crippen molar-refractivity contribution in [2.45, 2.75) is 24.7 Å². The van der Waals surface area contributed by atoms with Crippen LogP contribution < -0.4 is 10.6 Å². The molecule has 0 saturated carbocycles. The average Bonchev–Trinajstić information content (AvgIpc) is 2.84. The fraction of sp³-hybridized carbons (Fsp3) is 0.148. The van der Waals surface area contributed by atoms with Crippen LogP contribution in [0.25, 0.3) is 0 Å². The van der Waals surface area contributed by atoms with E-state index in [0.717, 1.165) is 27.0 Å². The van der Waals surface area contributed by atoms with Gasteiger partial charge in [-0.15, -0.1) is 0 Å². The first-order valence-corrected chi connectivity index (χ1v) is 11.5. The number of aromatic nitrogens is 1. The molecule has 1 aliphatic carbocycles. The number of nitrogens with two attached hydrogens (primary N) is 1. The highest BCUT2D eigenvalue weighted by atomic mass is 79.9. The van der Waals surface area contributed by atoms with Gasteiger partial charge in [0.05, 0.1) is 29.4 Å². The maximum atomic E-state index is 13.7. The molecule has 2 aromatic carbocycles. The third-order valence-corrected chi connectivity index (χ3v) is 6.82. The summed E-state index contributed by atoms with van der Waals surface area (Å²) in [5.41, 5.74) is 11.3. The van der Waals surface area contributed by atoms with Crippen LogP contribution in [0.5, 0.6) is 0 Å². The van der Waals surface area contributed by atoms with E-state index in [1.165, 1.54) is 0 Å². The number of ketones is 1. The Morgan fingerprint density at radius 2 is 1.82 bits per heavy atom. The van der Waals surface area contributed by atoms with E-state index in [2.05, 4.69) is 39.1 Å². The number of anilines is 1. The van der Waals surface area contributed by atoms with Crippen LogP contribution in [0.2, 0.25) is 0 Å². The molecule has 2 atom stereocenters. The van der Waals surface area contributed by atoms with Crippen LogP contribution >= 0.6 is 15.9 Å². The molecule has 162 valence electrons. The van der Waals surface area contributed by atoms with Gasteiger partial charge in [-0.3, -0.25) is 14.7 Å². The largest absolute Gasteiger partial charge is 0.384 e. The lowest BCUT2D eigenvalue weighted by molar-refractivity contribution is -0.116. The minimum atomic E-state index is -0.500. The zero-order valence-electron chi connectivity index (χ0n) is 17.8. The predicted molar refractivity (Wildman–Crippen MR) is 131 cm³/mol. The summed E-state index contributed by atoms with van der Waals surface area (Å²) in [7, 11) is 0. The van der Waals surface area contributed by atoms with Crippen LogP contribution in [-0.2, 0) is 4.79 Å². The number of pyridine rings is 1. The monoisotopic (exact) mass is 496 g/mol. The van der Waals surface area contributed by atoms with Crippen LogP contribution in [0, 0.1) is 11.3 Å². The second kappa shape index (κ2) is 8.68. The first kappa shape index (κ1) is 21.2. The van der Waals surface area contributed by atoms with Gasteiger partial charge >= 0.3 is 0 Å². The molecule has 0 saturated heterocycles. The molecule has 0 radical (unpaired) electrons. The summed E-state index contributed by atoms with van der Waals surface area (Å²) in [6, 6.07) is 23.9. The maximum Gasteiger partial charge on any atom is 0.162 e. The van der Waals surface area contributed by atoms with Crippen molar-refractivity contribution < 1.29 is 4.79 Å². The summed E-state index contributed by atoms with van der Waals surface area (Å²) in [6.07, 6.45) is 4.44. The summed E-state index contributed by atoms with van der Waals surface area (Å²) in [6.45, 7) is 0. The number of halogens is 1. The highest BCUT2D eigenvalue weighted by Gasteiger charge is 2.42. The Hall–Kier alpha value is -3.69. The Kier molecular flexibility index (Phi) is 5.57. The molecule has 0 bridgehead atoms. The lowest BCUT2D eigenvalue weighted by atomic mass is 9.72. The zero-order valence-corrected chi connectivity index (χ0v) is 19.4. The number of rotatable bonds is 3. The number of carbonyl (C=O) groups excluding carboxylic acids is 1. The van der Waals surface area contributed by atoms with Crippen LogP contribution in [0.3, 0.4) is 0 Å². The first-order chi connectivity index (χ1) is 16.1. The minimum Gasteiger partial charge on any atom is -0.384 e. The molecule has 33 heavy (non-hydrogen) atoms. The van der Waals surface area contributed by atoms with Crippen molar-refractivity contribution in [3.05, 3.63) is 117 Å². The lowest BCUT2D eigenvalue weighted by Gasteiger charge is -2.41. The number of nitrogens with zero attached hydrogens (tertiary/aromatic N) is 3. The number of hydrogen-bond acceptors (Lipinski definition) is 5. The molecule has 5 rings (SSSR count). The van der Waals surface area contributed by atoms with Gasteiger partial charge in [0.1, 0.15) is 5.82 Å². The van der Waals surface area contributed by atoms with Gasteiger partial charge in [0.15, 0.2) is 5.78 Å². The van der Waals surface area contributed by atoms with Crippen molar-refractivity contribution in [3.63, 3.8) is 0 Å². The van der Waals surface area contributed by atoms with Gasteiger partial charge in [-0.2, -0.15) is 5.26 Å². The number of carbonyl (C=O) groups is 1. The molecular weight excluding hydrogens is 476 g/mol. The van der Waals surface area contributed by atoms with Crippen LogP contribution in [0.4, 0.5) is 5.69 Å². The van der Waals surface area contributed by atoms with E-state index in [1.807, 2.05) is 59.5 Å². The fourth-order valence-corrected chi connectivity index (χ4v) is 5.31. The number of allylic oxidation sites excluding steroid dienone is 3.